The van der Waals surface area contributed by atoms with Gasteiger partial charge >= 0.3 is 6.03 Å². The van der Waals surface area contributed by atoms with Gasteiger partial charge in [0, 0.05) is 11.3 Å². The minimum atomic E-state index is -0.491. The average Bonchev–Trinajstić information content (AvgIpc) is 3.38. The van der Waals surface area contributed by atoms with Crippen LogP contribution in [0.25, 0.3) is 17.0 Å². The second-order valence-electron chi connectivity index (χ2n) is 9.09. The number of carbonyl (C=O) groups is 1. The predicted molar refractivity (Wildman–Crippen MR) is 138 cm³/mol. The number of urea groups is 1. The van der Waals surface area contributed by atoms with Crippen molar-refractivity contribution < 1.29 is 18.4 Å². The number of nitrogens with zero attached hydrogens (tertiary/aromatic N) is 3. The molecule has 0 aliphatic carbocycles. The molecule has 1 atom stereocenters. The van der Waals surface area contributed by atoms with E-state index in [1.165, 1.54) is 12.1 Å². The quantitative estimate of drug-likeness (QED) is 0.342. The Kier molecular flexibility index (Phi) is 6.48. The average molecular weight is 499 g/mol. The molecule has 1 aliphatic heterocycles. The molecule has 0 saturated heterocycles. The van der Waals surface area contributed by atoms with Crippen LogP contribution < -0.4 is 10.1 Å². The molecule has 37 heavy (non-hydrogen) atoms. The number of benzene rings is 3. The van der Waals surface area contributed by atoms with E-state index in [2.05, 4.69) is 21.5 Å². The zero-order valence-corrected chi connectivity index (χ0v) is 21.1. The Morgan fingerprint density at radius 2 is 1.81 bits per heavy atom. The molecule has 4 aromatic rings. The van der Waals surface area contributed by atoms with Crippen molar-refractivity contribution in [3.63, 3.8) is 0 Å². The standard InChI is InChI=1S/C29H27FN4O3/c1-17-8-9-22(14-18(17)2)26-25(28-32-27(33-37-28)21-10-12-23(30)13-11-21)19(3)34(29(35)31-26)16-20-6-5-7-24(15-20)36-4/h5-15,26H,16H2,1-4H3,(H,31,35). The summed E-state index contributed by atoms with van der Waals surface area (Å²) < 4.78 is 24.5. The summed E-state index contributed by atoms with van der Waals surface area (Å²) >= 11 is 0. The maximum Gasteiger partial charge on any atom is 0.322 e. The SMILES string of the molecule is COc1cccc(CN2C(=O)NC(c3ccc(C)c(C)c3)C(c3nc(-c4ccc(F)cc4)no3)=C2C)c1. The molecule has 3 aromatic carbocycles. The Morgan fingerprint density at radius 3 is 2.54 bits per heavy atom. The summed E-state index contributed by atoms with van der Waals surface area (Å²) in [4.78, 5) is 19.7. The van der Waals surface area contributed by atoms with Crippen LogP contribution in [0, 0.1) is 19.7 Å². The molecule has 2 amide bonds. The number of carbonyl (C=O) groups excluding carboxylic acids is 1. The van der Waals surface area contributed by atoms with Crippen molar-refractivity contribution >= 4 is 11.6 Å². The van der Waals surface area contributed by atoms with Crippen LogP contribution >= 0.6 is 0 Å². The molecular formula is C29H27FN4O3. The second kappa shape index (κ2) is 9.89. The highest BCUT2D eigenvalue weighted by Crippen LogP contribution is 2.38. The molecule has 1 aliphatic rings. The Bertz CT molecular complexity index is 1490. The van der Waals surface area contributed by atoms with E-state index in [-0.39, 0.29) is 17.7 Å². The topological polar surface area (TPSA) is 80.5 Å². The summed E-state index contributed by atoms with van der Waals surface area (Å²) in [6.45, 7) is 6.29. The third-order valence-corrected chi connectivity index (χ3v) is 6.69. The van der Waals surface area contributed by atoms with Crippen molar-refractivity contribution in [2.75, 3.05) is 7.11 Å². The molecule has 188 valence electrons. The number of aryl methyl sites for hydroxylation is 2. The number of hydrogen-bond acceptors (Lipinski definition) is 5. The number of amides is 2. The maximum atomic E-state index is 13.4. The second-order valence-corrected chi connectivity index (χ2v) is 9.09. The molecule has 1 unspecified atom stereocenters. The third-order valence-electron chi connectivity index (χ3n) is 6.69. The highest BCUT2D eigenvalue weighted by molar-refractivity contribution is 5.87. The number of aromatic nitrogens is 2. The Labute approximate surface area is 214 Å². The van der Waals surface area contributed by atoms with Crippen LogP contribution in [-0.2, 0) is 6.54 Å². The molecule has 7 nitrogen and oxygen atoms in total. The van der Waals surface area contributed by atoms with Crippen molar-refractivity contribution in [1.29, 1.82) is 0 Å². The van der Waals surface area contributed by atoms with Crippen molar-refractivity contribution in [3.05, 3.63) is 106 Å². The summed E-state index contributed by atoms with van der Waals surface area (Å²) in [6, 6.07) is 18.9. The molecule has 1 N–H and O–H groups in total. The third kappa shape index (κ3) is 4.82. The van der Waals surface area contributed by atoms with Crippen LogP contribution in [0.2, 0.25) is 0 Å². The van der Waals surface area contributed by atoms with Crippen molar-refractivity contribution in [2.24, 2.45) is 0 Å². The molecule has 8 heteroatoms. The summed E-state index contributed by atoms with van der Waals surface area (Å²) in [7, 11) is 1.61. The van der Waals surface area contributed by atoms with Crippen LogP contribution in [0.4, 0.5) is 9.18 Å². The lowest BCUT2D eigenvalue weighted by atomic mass is 9.92. The summed E-state index contributed by atoms with van der Waals surface area (Å²) in [5.74, 6) is 0.996. The number of allylic oxidation sites excluding steroid dienone is 1. The molecular weight excluding hydrogens is 471 g/mol. The lowest BCUT2D eigenvalue weighted by molar-refractivity contribution is 0.203. The van der Waals surface area contributed by atoms with E-state index in [0.717, 1.165) is 22.3 Å². The summed E-state index contributed by atoms with van der Waals surface area (Å²) in [6.07, 6.45) is 0. The van der Waals surface area contributed by atoms with E-state index >= 15 is 0 Å². The van der Waals surface area contributed by atoms with E-state index in [9.17, 15) is 9.18 Å². The van der Waals surface area contributed by atoms with E-state index in [4.69, 9.17) is 9.26 Å². The summed E-state index contributed by atoms with van der Waals surface area (Å²) in [5.41, 5.74) is 6.12. The Balaban J connectivity index is 1.60. The van der Waals surface area contributed by atoms with Gasteiger partial charge in [0.25, 0.3) is 5.89 Å². The normalized spacial score (nSPS) is 15.6. The van der Waals surface area contributed by atoms with E-state index in [1.807, 2.05) is 57.2 Å². The van der Waals surface area contributed by atoms with Gasteiger partial charge in [0.05, 0.1) is 25.3 Å². The van der Waals surface area contributed by atoms with E-state index in [1.54, 1.807) is 24.1 Å². The van der Waals surface area contributed by atoms with Crippen LogP contribution in [0.1, 0.15) is 41.1 Å². The van der Waals surface area contributed by atoms with E-state index < -0.39 is 6.04 Å². The van der Waals surface area contributed by atoms with Crippen LogP contribution in [0.15, 0.2) is 77.0 Å². The van der Waals surface area contributed by atoms with Gasteiger partial charge in [-0.25, -0.2) is 9.18 Å². The van der Waals surface area contributed by atoms with Crippen molar-refractivity contribution in [3.8, 4) is 17.1 Å². The molecule has 0 spiro atoms. The molecule has 5 rings (SSSR count). The predicted octanol–water partition coefficient (Wildman–Crippen LogP) is 6.20. The molecule has 0 bridgehead atoms. The minimum absolute atomic E-state index is 0.231. The number of ether oxygens (including phenoxy) is 1. The van der Waals surface area contributed by atoms with Gasteiger partial charge in [-0.05, 0) is 79.4 Å². The minimum Gasteiger partial charge on any atom is -0.497 e. The van der Waals surface area contributed by atoms with Gasteiger partial charge in [-0.2, -0.15) is 4.98 Å². The van der Waals surface area contributed by atoms with E-state index in [0.29, 0.717) is 35.0 Å². The molecule has 0 fully saturated rings. The van der Waals surface area contributed by atoms with Crippen LogP contribution in [0.3, 0.4) is 0 Å². The van der Waals surface area contributed by atoms with Gasteiger partial charge in [-0.15, -0.1) is 0 Å². The smallest absolute Gasteiger partial charge is 0.322 e. The Morgan fingerprint density at radius 1 is 1.03 bits per heavy atom. The lowest BCUT2D eigenvalue weighted by Gasteiger charge is -2.35. The first kappa shape index (κ1) is 24.2. The first-order valence-corrected chi connectivity index (χ1v) is 11.9. The fourth-order valence-electron chi connectivity index (χ4n) is 4.45. The first-order valence-electron chi connectivity index (χ1n) is 11.9. The maximum absolute atomic E-state index is 13.4. The van der Waals surface area contributed by atoms with Gasteiger partial charge in [0.15, 0.2) is 0 Å². The monoisotopic (exact) mass is 498 g/mol. The lowest BCUT2D eigenvalue weighted by Crippen LogP contribution is -2.45. The number of methoxy groups -OCH3 is 1. The van der Waals surface area contributed by atoms with Crippen molar-refractivity contribution in [2.45, 2.75) is 33.4 Å². The number of hydrogen-bond donors (Lipinski definition) is 1. The largest absolute Gasteiger partial charge is 0.497 e. The molecule has 2 heterocycles. The van der Waals surface area contributed by atoms with Crippen LogP contribution in [0.5, 0.6) is 5.75 Å². The Hall–Kier alpha value is -4.46. The van der Waals surface area contributed by atoms with Gasteiger partial charge in [-0.3, -0.25) is 4.90 Å². The van der Waals surface area contributed by atoms with Crippen molar-refractivity contribution in [1.82, 2.24) is 20.4 Å². The zero-order chi connectivity index (χ0) is 26.1. The van der Waals surface area contributed by atoms with Gasteiger partial charge in [0.2, 0.25) is 5.82 Å². The first-order chi connectivity index (χ1) is 17.8. The highest BCUT2D eigenvalue weighted by Gasteiger charge is 2.36. The van der Waals surface area contributed by atoms with Crippen LogP contribution in [-0.4, -0.2) is 28.2 Å². The fourth-order valence-corrected chi connectivity index (χ4v) is 4.45. The highest BCUT2D eigenvalue weighted by atomic mass is 19.1. The van der Waals surface area contributed by atoms with Gasteiger partial charge in [-0.1, -0.05) is 35.5 Å². The van der Waals surface area contributed by atoms with Gasteiger partial charge < -0.3 is 14.6 Å². The van der Waals surface area contributed by atoms with Gasteiger partial charge in [0.1, 0.15) is 11.6 Å². The number of halogens is 1. The number of rotatable bonds is 6. The molecule has 1 aromatic heterocycles. The molecule has 0 saturated carbocycles. The summed E-state index contributed by atoms with van der Waals surface area (Å²) in [5, 5.41) is 7.28. The zero-order valence-electron chi connectivity index (χ0n) is 21.1. The number of nitrogens with one attached hydrogen (secondary N) is 1. The fraction of sp³-hybridized carbons (Fsp3) is 0.207. The molecule has 0 radical (unpaired) electrons.